The third-order valence-corrected chi connectivity index (χ3v) is 2.00. The van der Waals surface area contributed by atoms with E-state index in [4.69, 9.17) is 26.7 Å². The highest BCUT2D eigenvalue weighted by atomic mass is 16.5. The van der Waals surface area contributed by atoms with E-state index in [9.17, 15) is 0 Å². The average molecular weight is 275 g/mol. The highest BCUT2D eigenvalue weighted by Gasteiger charge is 2.17. The molecule has 4 nitrogen and oxygen atoms in total. The second kappa shape index (κ2) is 6.50. The van der Waals surface area contributed by atoms with Gasteiger partial charge < -0.3 is 9.64 Å². The zero-order valence-corrected chi connectivity index (χ0v) is 9.96. The topological polar surface area (TPSA) is 30.3 Å². The van der Waals surface area contributed by atoms with Crippen molar-refractivity contribution < 1.29 is 26.7 Å². The van der Waals surface area contributed by atoms with Gasteiger partial charge in [0, 0.05) is 30.6 Å². The lowest BCUT2D eigenvalue weighted by atomic mass is 10.1. The van der Waals surface area contributed by atoms with E-state index in [-0.39, 0.29) is 9.58 Å². The van der Waals surface area contributed by atoms with Gasteiger partial charge in [0.1, 0.15) is 6.08 Å². The molecule has 0 spiro atoms. The Kier molecular flexibility index (Phi) is 1.34. The average Bonchev–Trinajstić information content (AvgIpc) is 3.03. The van der Waals surface area contributed by atoms with Crippen LogP contribution in [-0.2, 0) is 11.7 Å². The summed E-state index contributed by atoms with van der Waals surface area (Å²) >= 11 is 0. The van der Waals surface area contributed by atoms with Gasteiger partial charge in [0.25, 0.3) is 0 Å². The van der Waals surface area contributed by atoms with Crippen LogP contribution < -0.4 is 0 Å². The smallest absolute Gasteiger partial charge is 0.124 e. The number of rotatable bonds is 6. The Morgan fingerprint density at radius 2 is 2.37 bits per heavy atom. The molecule has 2 aromatic rings. The number of aromatic nitrogens is 2. The van der Waals surface area contributed by atoms with Crippen LogP contribution in [0.5, 0.6) is 0 Å². The molecule has 0 amide bonds. The number of nitrogens with zero attached hydrogens (tertiary/aromatic N) is 3. The molecule has 102 valence electrons. The lowest BCUT2D eigenvalue weighted by Gasteiger charge is -2.20. The molecule has 0 saturated heterocycles. The van der Waals surface area contributed by atoms with Crippen molar-refractivity contribution in [3.63, 3.8) is 0 Å². The van der Waals surface area contributed by atoms with Crippen LogP contribution >= 0.6 is 0 Å². The largest absolute Gasteiger partial charge is 0.366 e. The van der Waals surface area contributed by atoms with Crippen molar-refractivity contribution >= 4 is 0 Å². The van der Waals surface area contributed by atoms with Crippen LogP contribution in [0.1, 0.15) is 39.3 Å². The zero-order chi connectivity index (χ0) is 27.5. The standard InChI is InChI=1S/C15H21N3O/c1-17(2)11-12-19-15(13-7-5-4-6-8-13)14-9-10-16-18(14)3/h4-10,15H,11-12H2,1-3H3/i1D3,3D3,4D,5D,6D,7D,8D,9D,10D,11D2,15D. The van der Waals surface area contributed by atoms with Gasteiger partial charge in [-0.3, -0.25) is 4.68 Å². The van der Waals surface area contributed by atoms with Gasteiger partial charge in [-0.05, 0) is 25.6 Å². The maximum Gasteiger partial charge on any atom is 0.124 e. The maximum atomic E-state index is 8.97. The Hall–Kier alpha value is -1.65. The predicted molar refractivity (Wildman–Crippen MR) is 76.0 cm³/mol. The Balaban J connectivity index is 2.91. The Morgan fingerprint density at radius 3 is 3.11 bits per heavy atom. The van der Waals surface area contributed by atoms with Gasteiger partial charge in [-0.25, -0.2) is 0 Å². The van der Waals surface area contributed by atoms with Gasteiger partial charge in [-0.2, -0.15) is 5.10 Å². The number of aryl methyl sites for hydroxylation is 1. The van der Waals surface area contributed by atoms with E-state index in [0.717, 1.165) is 7.05 Å². The molecule has 0 aliphatic carbocycles. The van der Waals surface area contributed by atoms with Crippen LogP contribution in [0.2, 0.25) is 0 Å². The third-order valence-electron chi connectivity index (χ3n) is 2.00. The molecule has 19 heavy (non-hydrogen) atoms. The highest BCUT2D eigenvalue weighted by Crippen LogP contribution is 2.25. The van der Waals surface area contributed by atoms with Crippen molar-refractivity contribution in [2.75, 3.05) is 27.1 Å². The molecule has 0 aliphatic rings. The maximum absolute atomic E-state index is 8.97. The first-order valence-corrected chi connectivity index (χ1v) is 5.11. The summed E-state index contributed by atoms with van der Waals surface area (Å²) in [5, 5.41) is 3.40. The van der Waals surface area contributed by atoms with Crippen molar-refractivity contribution in [2.45, 2.75) is 6.08 Å². The van der Waals surface area contributed by atoms with Crippen LogP contribution in [0.15, 0.2) is 42.4 Å². The summed E-state index contributed by atoms with van der Waals surface area (Å²) in [4.78, 5) is 0.279. The van der Waals surface area contributed by atoms with Crippen molar-refractivity contribution in [3.05, 3.63) is 53.7 Å². The monoisotopic (exact) mass is 275 g/mol. The third kappa shape index (κ3) is 3.66. The van der Waals surface area contributed by atoms with E-state index in [0.29, 0.717) is 0 Å². The fourth-order valence-electron chi connectivity index (χ4n) is 1.21. The lowest BCUT2D eigenvalue weighted by Crippen LogP contribution is -2.20. The van der Waals surface area contributed by atoms with E-state index >= 15 is 0 Å². The Labute approximate surface area is 137 Å². The van der Waals surface area contributed by atoms with Crippen molar-refractivity contribution in [2.24, 2.45) is 6.98 Å². The number of ether oxygens (including phenoxy) is 1. The van der Waals surface area contributed by atoms with Crippen LogP contribution in [0.3, 0.4) is 0 Å². The molecule has 0 aliphatic heterocycles. The van der Waals surface area contributed by atoms with E-state index in [1.54, 1.807) is 0 Å². The minimum atomic E-state index is -3.22. The Bertz CT molecular complexity index is 1090. The quantitative estimate of drug-likeness (QED) is 0.808. The minimum absolute atomic E-state index is 0.0778. The molecule has 0 radical (unpaired) electrons. The van der Waals surface area contributed by atoms with Gasteiger partial charge >= 0.3 is 0 Å². The van der Waals surface area contributed by atoms with Crippen LogP contribution in [0.4, 0.5) is 0 Å². The molecule has 4 heteroatoms. The summed E-state index contributed by atoms with van der Waals surface area (Å²) in [5.74, 6) is 0. The Morgan fingerprint density at radius 1 is 1.53 bits per heavy atom. The molecule has 0 bridgehead atoms. The van der Waals surface area contributed by atoms with Crippen LogP contribution in [-0.4, -0.2) is 41.8 Å². The second-order valence-corrected chi connectivity index (χ2v) is 3.33. The molecule has 1 atom stereocenters. The molecule has 1 aromatic heterocycles. The van der Waals surface area contributed by atoms with Crippen molar-refractivity contribution in [1.82, 2.24) is 14.7 Å². The lowest BCUT2D eigenvalue weighted by molar-refractivity contribution is 0.0638. The first-order valence-electron chi connectivity index (χ1n) is 13.1. The molecule has 1 heterocycles. The summed E-state index contributed by atoms with van der Waals surface area (Å²) in [7, 11) is 0.886. The normalized spacial score (nSPS) is 28.7. The molecule has 0 N–H and O–H groups in total. The number of hydrogen-bond donors (Lipinski definition) is 0. The van der Waals surface area contributed by atoms with Crippen LogP contribution in [0, 0.1) is 0 Å². The van der Waals surface area contributed by atoms with Crippen molar-refractivity contribution in [3.8, 4) is 0 Å². The molecule has 1 aromatic carbocycles. The van der Waals surface area contributed by atoms with E-state index in [1.165, 1.54) is 0 Å². The predicted octanol–water partition coefficient (Wildman–Crippen LogP) is 2.09. The van der Waals surface area contributed by atoms with Gasteiger partial charge in [-0.15, -0.1) is 0 Å². The van der Waals surface area contributed by atoms with Gasteiger partial charge in [0.2, 0.25) is 0 Å². The van der Waals surface area contributed by atoms with Crippen LogP contribution in [0.25, 0.3) is 0 Å². The first kappa shape index (κ1) is 3.93. The fraction of sp³-hybridized carbons (Fsp3) is 0.400. The molecular formula is C15H21N3O. The van der Waals surface area contributed by atoms with E-state index in [1.807, 2.05) is 0 Å². The SMILES string of the molecule is [2H]c1nn(C([2H])([2H])[2H])c(C([2H])(OCC([2H])([2H])N(C)C([2H])([2H])[2H])c2c([2H])c([2H])c([2H])c([2H])c2[2H])c1[2H]. The number of benzene rings is 1. The number of hydrogen-bond acceptors (Lipinski definition) is 3. The summed E-state index contributed by atoms with van der Waals surface area (Å²) in [6, 6.07) is -5.73. The minimum Gasteiger partial charge on any atom is -0.366 e. The molecule has 0 fully saturated rings. The summed E-state index contributed by atoms with van der Waals surface area (Å²) in [6.07, 6.45) is -4.14. The van der Waals surface area contributed by atoms with Crippen molar-refractivity contribution in [1.29, 1.82) is 0 Å². The van der Waals surface area contributed by atoms with E-state index < -0.39 is 86.8 Å². The van der Waals surface area contributed by atoms with Gasteiger partial charge in [0.05, 0.1) is 23.3 Å². The molecule has 2 rings (SSSR count). The summed E-state index contributed by atoms with van der Waals surface area (Å²) < 4.78 is 132. The summed E-state index contributed by atoms with van der Waals surface area (Å²) in [5.41, 5.74) is -2.01. The van der Waals surface area contributed by atoms with Gasteiger partial charge in [0.15, 0.2) is 0 Å². The molecule has 1 unspecified atom stereocenters. The molecule has 0 saturated carbocycles. The summed E-state index contributed by atoms with van der Waals surface area (Å²) in [6.45, 7) is -10.3. The van der Waals surface area contributed by atoms with E-state index in [2.05, 4.69) is 5.10 Å². The first-order chi connectivity index (χ1) is 15.6. The molecular weight excluding hydrogens is 238 g/mol. The van der Waals surface area contributed by atoms with Gasteiger partial charge in [-0.1, -0.05) is 30.2 Å². The number of likely N-dealkylation sites (N-methyl/N-ethyl adjacent to an activating group) is 1. The fourth-order valence-corrected chi connectivity index (χ4v) is 1.21. The zero-order valence-electron chi connectivity index (χ0n) is 26.0. The highest BCUT2D eigenvalue weighted by molar-refractivity contribution is 5.25. The second-order valence-electron chi connectivity index (χ2n) is 3.33.